The predicted octanol–water partition coefficient (Wildman–Crippen LogP) is 4.59. The van der Waals surface area contributed by atoms with Crippen molar-refractivity contribution in [1.82, 2.24) is 23.9 Å². The van der Waals surface area contributed by atoms with Gasteiger partial charge in [0, 0.05) is 42.4 Å². The zero-order valence-corrected chi connectivity index (χ0v) is 51.6. The van der Waals surface area contributed by atoms with Crippen molar-refractivity contribution in [2.24, 2.45) is 0 Å². The molecule has 91 heavy (non-hydrogen) atoms. The molecular weight excluding hydrogens is 1180 g/mol. The van der Waals surface area contributed by atoms with E-state index < -0.39 is 83.9 Å². The largest absolute Gasteiger partial charge is 0.497 e. The van der Waals surface area contributed by atoms with Gasteiger partial charge in [-0.05, 0) is 84.3 Å². The highest BCUT2D eigenvalue weighted by Crippen LogP contribution is 2.43. The molecule has 25 heteroatoms. The van der Waals surface area contributed by atoms with Crippen LogP contribution in [0.5, 0.6) is 17.2 Å². The van der Waals surface area contributed by atoms with Gasteiger partial charge in [0.05, 0.1) is 119 Å². The second kappa shape index (κ2) is 33.8. The summed E-state index contributed by atoms with van der Waals surface area (Å²) in [7, 11) is 8.03. The SMILES string of the molecule is COC(=O)CN(CC(=O)OC)Cc1cc(C#Cc2ccc(OCCOCCn3c(=O)c(C)cn([C@H]4CC(OC(=O)CCC(=O)O)[C@@H](COC(c5ccccc5)(c5ccc(OC)cc5)c5ccc(OC)cc5)O4)c3=O)cc2)cc(CN(CC(=O)OC)CC(=O)OC)n1. The van der Waals surface area contributed by atoms with Crippen LogP contribution in [0.1, 0.15) is 70.3 Å². The summed E-state index contributed by atoms with van der Waals surface area (Å²) in [4.78, 5) is 109. The van der Waals surface area contributed by atoms with Gasteiger partial charge in [-0.15, -0.1) is 0 Å². The lowest BCUT2D eigenvalue weighted by atomic mass is 9.80. The molecule has 6 aromatic rings. The van der Waals surface area contributed by atoms with Gasteiger partial charge in [0.15, 0.2) is 0 Å². The average Bonchev–Trinajstić information content (AvgIpc) is 1.48. The molecule has 0 radical (unpaired) electrons. The number of ether oxygens (including phenoxy) is 11. The number of carbonyl (C=O) groups is 6. The Morgan fingerprint density at radius 2 is 1.13 bits per heavy atom. The van der Waals surface area contributed by atoms with Crippen molar-refractivity contribution in [3.63, 3.8) is 0 Å². The van der Waals surface area contributed by atoms with E-state index in [1.807, 2.05) is 78.9 Å². The summed E-state index contributed by atoms with van der Waals surface area (Å²) >= 11 is 0. The van der Waals surface area contributed by atoms with Crippen LogP contribution in [-0.2, 0) is 91.9 Å². The Bertz CT molecular complexity index is 3490. The molecule has 0 spiro atoms. The van der Waals surface area contributed by atoms with Crippen molar-refractivity contribution in [2.45, 2.75) is 69.9 Å². The fourth-order valence-corrected chi connectivity index (χ4v) is 9.95. The van der Waals surface area contributed by atoms with Crippen LogP contribution in [0.3, 0.4) is 0 Å². The van der Waals surface area contributed by atoms with Crippen LogP contribution in [0.4, 0.5) is 0 Å². The lowest BCUT2D eigenvalue weighted by Crippen LogP contribution is -2.43. The minimum Gasteiger partial charge on any atom is -0.497 e. The third kappa shape index (κ3) is 19.4. The smallest absolute Gasteiger partial charge is 0.333 e. The number of aromatic nitrogens is 3. The Hall–Kier alpha value is -9.71. The normalized spacial score (nSPS) is 14.4. The highest BCUT2D eigenvalue weighted by atomic mass is 16.6. The van der Waals surface area contributed by atoms with Crippen molar-refractivity contribution in [3.05, 3.63) is 187 Å². The van der Waals surface area contributed by atoms with E-state index in [4.69, 9.17) is 57.1 Å². The van der Waals surface area contributed by atoms with Gasteiger partial charge in [-0.1, -0.05) is 66.4 Å². The molecule has 3 atom stereocenters. The Labute approximate surface area is 525 Å². The van der Waals surface area contributed by atoms with E-state index in [-0.39, 0.29) is 84.2 Å². The Kier molecular flexibility index (Phi) is 25.5. The molecule has 1 saturated heterocycles. The quantitative estimate of drug-likeness (QED) is 0.0199. The minimum absolute atomic E-state index is 0.00525. The Morgan fingerprint density at radius 3 is 1.64 bits per heavy atom. The lowest BCUT2D eigenvalue weighted by Gasteiger charge is -2.37. The van der Waals surface area contributed by atoms with Gasteiger partial charge in [0.1, 0.15) is 47.9 Å². The number of nitrogens with zero attached hydrogens (tertiary/aromatic N) is 5. The first-order valence-corrected chi connectivity index (χ1v) is 28.8. The number of benzene rings is 4. The number of hydrogen-bond donors (Lipinski definition) is 1. The van der Waals surface area contributed by atoms with Crippen molar-refractivity contribution in [2.75, 3.05) is 95.3 Å². The summed E-state index contributed by atoms with van der Waals surface area (Å²) in [5.41, 5.74) is 1.74. The highest BCUT2D eigenvalue weighted by Gasteiger charge is 2.44. The number of carbonyl (C=O) groups excluding carboxylic acids is 5. The second-order valence-electron chi connectivity index (χ2n) is 20.7. The van der Waals surface area contributed by atoms with E-state index in [0.717, 1.165) is 21.3 Å². The van der Waals surface area contributed by atoms with Crippen molar-refractivity contribution >= 4 is 35.8 Å². The maximum absolute atomic E-state index is 14.3. The van der Waals surface area contributed by atoms with Gasteiger partial charge in [0.2, 0.25) is 0 Å². The molecular formula is C66H73N5O20. The van der Waals surface area contributed by atoms with E-state index in [1.165, 1.54) is 49.0 Å². The van der Waals surface area contributed by atoms with E-state index >= 15 is 0 Å². The van der Waals surface area contributed by atoms with E-state index in [2.05, 4.69) is 11.8 Å². The van der Waals surface area contributed by atoms with Crippen molar-refractivity contribution in [1.29, 1.82) is 0 Å². The molecule has 0 aliphatic carbocycles. The van der Waals surface area contributed by atoms with Crippen LogP contribution in [0, 0.1) is 18.8 Å². The number of hydrogen-bond acceptors (Lipinski definition) is 22. The maximum atomic E-state index is 14.3. The van der Waals surface area contributed by atoms with Gasteiger partial charge >= 0.3 is 41.5 Å². The number of rotatable bonds is 32. The molecule has 0 bridgehead atoms. The standard InChI is InChI=1S/C66H73N5O20/c1-44-36-71(57-35-55(91-59(74)28-27-58(72)73)56(90-57)43-89-66(47-11-9-8-10-12-47,48-17-23-52(81-2)24-18-48)49-19-25-53(82-3)26-20-49)65(80)70(64(44)79)29-30-87-31-32-88-54-21-15-45(16-22-54)13-14-46-33-50(37-68(39-60(75)83-4)40-61(76)84-5)67-51(34-46)38-69(41-62(77)85-6)42-63(78)86-7/h8-12,15-26,33-34,36,55-57H,27-32,35,37-43H2,1-7H3,(H,72,73)/t55?,56-,57-/m1/s1. The van der Waals surface area contributed by atoms with Crippen LogP contribution < -0.4 is 25.5 Å². The fourth-order valence-electron chi connectivity index (χ4n) is 9.95. The molecule has 1 N–H and O–H groups in total. The van der Waals surface area contributed by atoms with Crippen LogP contribution in [-0.4, -0.2) is 172 Å². The minimum atomic E-state index is -1.31. The summed E-state index contributed by atoms with van der Waals surface area (Å²) in [5, 5.41) is 9.36. The first kappa shape index (κ1) is 68.8. The zero-order valence-electron chi connectivity index (χ0n) is 51.6. The molecule has 1 aliphatic heterocycles. The number of carboxylic acid groups (broad SMARTS) is 1. The molecule has 7 rings (SSSR count). The summed E-state index contributed by atoms with van der Waals surface area (Å²) in [5.74, 6) is 3.58. The van der Waals surface area contributed by atoms with Crippen LogP contribution in [0.2, 0.25) is 0 Å². The molecule has 482 valence electrons. The van der Waals surface area contributed by atoms with Gasteiger partial charge < -0.3 is 57.2 Å². The first-order valence-electron chi connectivity index (χ1n) is 28.8. The van der Waals surface area contributed by atoms with Crippen molar-refractivity contribution < 1.29 is 86.0 Å². The molecule has 2 aromatic heterocycles. The zero-order chi connectivity index (χ0) is 65.5. The molecule has 0 amide bonds. The highest BCUT2D eigenvalue weighted by molar-refractivity contribution is 5.77. The third-order valence-corrected chi connectivity index (χ3v) is 14.5. The molecule has 0 saturated carbocycles. The maximum Gasteiger partial charge on any atom is 0.333 e. The number of aliphatic carboxylic acids is 1. The van der Waals surface area contributed by atoms with E-state index in [1.54, 1.807) is 57.5 Å². The number of carboxylic acids is 1. The monoisotopic (exact) mass is 1260 g/mol. The summed E-state index contributed by atoms with van der Waals surface area (Å²) in [6, 6.07) is 34.5. The Balaban J connectivity index is 1.03. The molecule has 25 nitrogen and oxygen atoms in total. The molecule has 1 aliphatic rings. The van der Waals surface area contributed by atoms with Crippen molar-refractivity contribution in [3.8, 4) is 29.1 Å². The second-order valence-corrected chi connectivity index (χ2v) is 20.7. The van der Waals surface area contributed by atoms with E-state index in [0.29, 0.717) is 39.8 Å². The summed E-state index contributed by atoms with van der Waals surface area (Å²) in [6.45, 7) is 0.307. The Morgan fingerprint density at radius 1 is 0.626 bits per heavy atom. The average molecular weight is 1260 g/mol. The molecule has 4 aromatic carbocycles. The number of aryl methyl sites for hydroxylation is 1. The molecule has 1 fully saturated rings. The van der Waals surface area contributed by atoms with E-state index in [9.17, 15) is 43.5 Å². The molecule has 1 unspecified atom stereocenters. The summed E-state index contributed by atoms with van der Waals surface area (Å²) in [6.07, 6.45) is -2.65. The number of methoxy groups -OCH3 is 6. The van der Waals surface area contributed by atoms with Gasteiger partial charge in [-0.2, -0.15) is 0 Å². The lowest BCUT2D eigenvalue weighted by molar-refractivity contribution is -0.158. The topological polar surface area (TPSA) is 288 Å². The molecule has 3 heterocycles. The van der Waals surface area contributed by atoms with Crippen LogP contribution in [0.25, 0.3) is 0 Å². The third-order valence-electron chi connectivity index (χ3n) is 14.5. The van der Waals surface area contributed by atoms with Crippen LogP contribution >= 0.6 is 0 Å². The summed E-state index contributed by atoms with van der Waals surface area (Å²) < 4.78 is 64.0. The number of esters is 5. The van der Waals surface area contributed by atoms with Gasteiger partial charge in [-0.25, -0.2) is 4.79 Å². The van der Waals surface area contributed by atoms with Gasteiger partial charge in [-0.3, -0.25) is 57.5 Å². The number of pyridine rings is 1. The first-order chi connectivity index (χ1) is 43.9. The van der Waals surface area contributed by atoms with Crippen LogP contribution in [0.15, 0.2) is 131 Å². The predicted molar refractivity (Wildman–Crippen MR) is 325 cm³/mol. The van der Waals surface area contributed by atoms with Gasteiger partial charge in [0.25, 0.3) is 5.56 Å². The fraction of sp³-hybridized carbons (Fsp3) is 0.379.